The van der Waals surface area contributed by atoms with Crippen molar-refractivity contribution in [2.45, 2.75) is 84.6 Å². The second kappa shape index (κ2) is 12.3. The maximum atomic E-state index is 11.1. The molecule has 0 spiro atoms. The van der Waals surface area contributed by atoms with E-state index in [1.165, 1.54) is 11.1 Å². The molecule has 4 aromatic rings. The Morgan fingerprint density at radius 1 is 0.700 bits per heavy atom. The number of rotatable bonds is 10. The highest BCUT2D eigenvalue weighted by molar-refractivity contribution is 6.00. The molecule has 6 heteroatoms. The fraction of sp³-hybridized carbons (Fsp3) is 0.441. The van der Waals surface area contributed by atoms with Crippen LogP contribution in [0, 0.1) is 0 Å². The van der Waals surface area contributed by atoms with Gasteiger partial charge in [-0.2, -0.15) is 15.0 Å². The van der Waals surface area contributed by atoms with Gasteiger partial charge in [0.05, 0.1) is 13.2 Å². The summed E-state index contributed by atoms with van der Waals surface area (Å²) in [5.74, 6) is -0.569. The summed E-state index contributed by atoms with van der Waals surface area (Å²) in [6.07, 6.45) is 3.64. The van der Waals surface area contributed by atoms with Gasteiger partial charge < -0.3 is 9.84 Å². The van der Waals surface area contributed by atoms with E-state index in [1.54, 1.807) is 0 Å². The first-order valence-electron chi connectivity index (χ1n) is 14.3. The van der Waals surface area contributed by atoms with Crippen LogP contribution in [-0.2, 0) is 26.9 Å². The number of aliphatic hydroxyl groups is 1. The van der Waals surface area contributed by atoms with Gasteiger partial charge in [-0.05, 0) is 52.3 Å². The number of aromatic nitrogens is 3. The van der Waals surface area contributed by atoms with Crippen molar-refractivity contribution in [2.75, 3.05) is 13.2 Å². The number of carbonyl (C=O) groups is 1. The van der Waals surface area contributed by atoms with E-state index in [0.29, 0.717) is 6.61 Å². The van der Waals surface area contributed by atoms with Crippen molar-refractivity contribution >= 4 is 17.0 Å². The normalized spacial score (nSPS) is 12.2. The molecule has 3 aromatic carbocycles. The third kappa shape index (κ3) is 7.16. The Labute approximate surface area is 238 Å². The Hall–Kier alpha value is -3.51. The van der Waals surface area contributed by atoms with E-state index in [9.17, 15) is 4.79 Å². The number of aryl methyl sites for hydroxylation is 1. The summed E-state index contributed by atoms with van der Waals surface area (Å²) in [7, 11) is 0. The highest BCUT2D eigenvalue weighted by Crippen LogP contribution is 2.35. The Balaban J connectivity index is 1.61. The highest BCUT2D eigenvalue weighted by Gasteiger charge is 2.18. The Bertz CT molecular complexity index is 1330. The van der Waals surface area contributed by atoms with E-state index in [2.05, 4.69) is 102 Å². The minimum absolute atomic E-state index is 0.0978. The van der Waals surface area contributed by atoms with E-state index < -0.39 is 12.6 Å². The molecule has 0 bridgehead atoms. The molecule has 4 rings (SSSR count). The first-order chi connectivity index (χ1) is 19.0. The minimum atomic E-state index is -0.569. The minimum Gasteiger partial charge on any atom is -0.464 e. The lowest BCUT2D eigenvalue weighted by atomic mass is 9.85. The molecule has 212 valence electrons. The third-order valence-electron chi connectivity index (χ3n) is 7.35. The molecule has 40 heavy (non-hydrogen) atoms. The Kier molecular flexibility index (Phi) is 9.09. The summed E-state index contributed by atoms with van der Waals surface area (Å²) >= 11 is 0. The quantitative estimate of drug-likeness (QED) is 0.167. The first-order valence-corrected chi connectivity index (χ1v) is 14.3. The molecule has 1 heterocycles. The predicted molar refractivity (Wildman–Crippen MR) is 162 cm³/mol. The number of carbonyl (C=O) groups excluding carboxylic acids is 1. The first kappa shape index (κ1) is 29.5. The molecule has 0 aliphatic rings. The number of unbranched alkanes of at least 4 members (excludes halogenated alkanes) is 3. The van der Waals surface area contributed by atoms with Gasteiger partial charge in [0.25, 0.3) is 0 Å². The predicted octanol–water partition coefficient (Wildman–Crippen LogP) is 7.46. The molecule has 0 atom stereocenters. The molecule has 0 saturated carbocycles. The van der Waals surface area contributed by atoms with Gasteiger partial charge in [0.2, 0.25) is 0 Å². The SMILES string of the molecule is CC(C)(C)c1ccc(-c2ccc(-c3ccc(C(C)(C)C)cc3)c3nn(CCCCCCOC(=O)CO)nc23)cc1. The number of benzene rings is 3. The van der Waals surface area contributed by atoms with E-state index in [4.69, 9.17) is 20.0 Å². The largest absolute Gasteiger partial charge is 0.464 e. The van der Waals surface area contributed by atoms with Crippen molar-refractivity contribution in [2.24, 2.45) is 0 Å². The maximum Gasteiger partial charge on any atom is 0.331 e. The lowest BCUT2D eigenvalue weighted by Gasteiger charge is -2.19. The standard InChI is InChI=1S/C34H43N3O3/c1-33(2,3)26-15-11-24(12-16-26)28-19-20-29(25-13-17-27(18-14-25)34(4,5)6)32-31(28)35-37(36-32)21-9-7-8-10-22-40-30(39)23-38/h11-20,38H,7-10,21-23H2,1-6H3. The van der Waals surface area contributed by atoms with Crippen molar-refractivity contribution < 1.29 is 14.6 Å². The van der Waals surface area contributed by atoms with Crippen molar-refractivity contribution in [1.82, 2.24) is 15.0 Å². The van der Waals surface area contributed by atoms with Gasteiger partial charge in [0.15, 0.2) is 0 Å². The Morgan fingerprint density at radius 2 is 1.15 bits per heavy atom. The van der Waals surface area contributed by atoms with Crippen LogP contribution in [0.1, 0.15) is 78.4 Å². The summed E-state index contributed by atoms with van der Waals surface area (Å²) < 4.78 is 4.94. The van der Waals surface area contributed by atoms with Gasteiger partial charge >= 0.3 is 5.97 Å². The summed E-state index contributed by atoms with van der Waals surface area (Å²) in [5.41, 5.74) is 9.07. The monoisotopic (exact) mass is 541 g/mol. The zero-order valence-electron chi connectivity index (χ0n) is 24.8. The van der Waals surface area contributed by atoms with Crippen molar-refractivity contribution in [3.05, 3.63) is 71.8 Å². The summed E-state index contributed by atoms with van der Waals surface area (Å²) in [4.78, 5) is 12.9. The van der Waals surface area contributed by atoms with Crippen LogP contribution < -0.4 is 0 Å². The fourth-order valence-electron chi connectivity index (χ4n) is 4.84. The smallest absolute Gasteiger partial charge is 0.331 e. The molecule has 0 fully saturated rings. The lowest BCUT2D eigenvalue weighted by Crippen LogP contribution is -2.10. The van der Waals surface area contributed by atoms with Gasteiger partial charge in [-0.1, -0.05) is 109 Å². The van der Waals surface area contributed by atoms with Crippen LogP contribution in [0.2, 0.25) is 0 Å². The molecule has 6 nitrogen and oxygen atoms in total. The number of ether oxygens (including phenoxy) is 1. The fourth-order valence-corrected chi connectivity index (χ4v) is 4.84. The molecule has 0 saturated heterocycles. The summed E-state index contributed by atoms with van der Waals surface area (Å²) in [6.45, 7) is 13.9. The van der Waals surface area contributed by atoms with Crippen LogP contribution in [0.15, 0.2) is 60.7 Å². The molecule has 1 N–H and O–H groups in total. The zero-order chi connectivity index (χ0) is 28.9. The van der Waals surface area contributed by atoms with Gasteiger partial charge in [-0.25, -0.2) is 4.79 Å². The summed E-state index contributed by atoms with van der Waals surface area (Å²) in [5, 5.41) is 18.7. The van der Waals surface area contributed by atoms with Crippen LogP contribution in [0.25, 0.3) is 33.3 Å². The van der Waals surface area contributed by atoms with Crippen LogP contribution in [-0.4, -0.2) is 39.3 Å². The average Bonchev–Trinajstić information content (AvgIpc) is 3.35. The number of hydrogen-bond acceptors (Lipinski definition) is 5. The van der Waals surface area contributed by atoms with Gasteiger partial charge in [0, 0.05) is 11.1 Å². The molecular formula is C34H43N3O3. The average molecular weight is 542 g/mol. The number of fused-ring (bicyclic) bond motifs is 1. The summed E-state index contributed by atoms with van der Waals surface area (Å²) in [6, 6.07) is 22.0. The van der Waals surface area contributed by atoms with Gasteiger partial charge in [-0.3, -0.25) is 0 Å². The topological polar surface area (TPSA) is 77.2 Å². The van der Waals surface area contributed by atoms with E-state index in [1.807, 2.05) is 4.80 Å². The van der Waals surface area contributed by atoms with Crippen LogP contribution >= 0.6 is 0 Å². The number of hydrogen-bond donors (Lipinski definition) is 1. The van der Waals surface area contributed by atoms with Crippen LogP contribution in [0.3, 0.4) is 0 Å². The second-order valence-electron chi connectivity index (χ2n) is 12.6. The highest BCUT2D eigenvalue weighted by atomic mass is 16.5. The molecule has 1 aromatic heterocycles. The number of aliphatic hydroxyl groups excluding tert-OH is 1. The van der Waals surface area contributed by atoms with E-state index in [0.717, 1.165) is 65.5 Å². The van der Waals surface area contributed by atoms with Crippen LogP contribution in [0.4, 0.5) is 0 Å². The van der Waals surface area contributed by atoms with Crippen LogP contribution in [0.5, 0.6) is 0 Å². The molecule has 0 aliphatic heterocycles. The second-order valence-corrected chi connectivity index (χ2v) is 12.6. The zero-order valence-corrected chi connectivity index (χ0v) is 24.8. The van der Waals surface area contributed by atoms with Crippen molar-refractivity contribution in [1.29, 1.82) is 0 Å². The molecule has 0 aliphatic carbocycles. The van der Waals surface area contributed by atoms with Crippen molar-refractivity contribution in [3.63, 3.8) is 0 Å². The number of nitrogens with zero attached hydrogens (tertiary/aromatic N) is 3. The van der Waals surface area contributed by atoms with E-state index in [-0.39, 0.29) is 10.8 Å². The van der Waals surface area contributed by atoms with Gasteiger partial charge in [-0.15, -0.1) is 0 Å². The molecule has 0 radical (unpaired) electrons. The van der Waals surface area contributed by atoms with E-state index >= 15 is 0 Å². The van der Waals surface area contributed by atoms with Crippen molar-refractivity contribution in [3.8, 4) is 22.3 Å². The molecular weight excluding hydrogens is 498 g/mol. The Morgan fingerprint density at radius 3 is 1.57 bits per heavy atom. The maximum absolute atomic E-state index is 11.1. The third-order valence-corrected chi connectivity index (χ3v) is 7.35. The van der Waals surface area contributed by atoms with Gasteiger partial charge in [0.1, 0.15) is 17.6 Å². The molecule has 0 unspecified atom stereocenters. The lowest BCUT2D eigenvalue weighted by molar-refractivity contribution is -0.147. The number of esters is 1. The molecule has 0 amide bonds.